The third kappa shape index (κ3) is 2.20. The maximum Gasteiger partial charge on any atom is 0.187 e. The van der Waals surface area contributed by atoms with Crippen molar-refractivity contribution in [2.45, 2.75) is 11.2 Å². The summed E-state index contributed by atoms with van der Waals surface area (Å²) in [5.41, 5.74) is 0.458. The molecule has 1 saturated heterocycles. The van der Waals surface area contributed by atoms with Crippen molar-refractivity contribution < 1.29 is 13.9 Å². The van der Waals surface area contributed by atoms with Crippen LogP contribution in [0.4, 0.5) is 4.39 Å². The summed E-state index contributed by atoms with van der Waals surface area (Å²) in [6.07, 6.45) is 1.26. The average molecular weight is 293 g/mol. The lowest BCUT2D eigenvalue weighted by Gasteiger charge is -2.14. The minimum Gasteiger partial charge on any atom is -0.346 e. The highest BCUT2D eigenvalue weighted by atomic mass is 79.9. The highest BCUT2D eigenvalue weighted by molar-refractivity contribution is 9.10. The molecular formula is C10H10BrFO2S. The molecule has 0 aromatic heterocycles. The summed E-state index contributed by atoms with van der Waals surface area (Å²) in [5, 5.41) is 0. The number of hydrogen-bond donors (Lipinski definition) is 0. The molecule has 1 aromatic rings. The molecule has 82 valence electrons. The van der Waals surface area contributed by atoms with Gasteiger partial charge in [0, 0.05) is 9.37 Å². The summed E-state index contributed by atoms with van der Waals surface area (Å²) in [5.74, 6) is -0.260. The van der Waals surface area contributed by atoms with E-state index < -0.39 is 6.29 Å². The second-order valence-electron chi connectivity index (χ2n) is 3.05. The van der Waals surface area contributed by atoms with Crippen molar-refractivity contribution >= 4 is 27.7 Å². The number of hydrogen-bond acceptors (Lipinski definition) is 3. The molecule has 0 aliphatic carbocycles. The van der Waals surface area contributed by atoms with Crippen LogP contribution in [0.2, 0.25) is 0 Å². The predicted octanol–water partition coefficient (Wildman–Crippen LogP) is 3.36. The van der Waals surface area contributed by atoms with Gasteiger partial charge in [-0.1, -0.05) is 15.9 Å². The zero-order valence-corrected chi connectivity index (χ0v) is 10.5. The molecule has 15 heavy (non-hydrogen) atoms. The number of benzene rings is 1. The Balaban J connectivity index is 2.43. The van der Waals surface area contributed by atoms with Crippen LogP contribution in [0.15, 0.2) is 21.5 Å². The highest BCUT2D eigenvalue weighted by Crippen LogP contribution is 2.35. The number of ether oxygens (including phenoxy) is 2. The van der Waals surface area contributed by atoms with E-state index in [9.17, 15) is 4.39 Å². The van der Waals surface area contributed by atoms with Gasteiger partial charge in [-0.15, -0.1) is 11.8 Å². The lowest BCUT2D eigenvalue weighted by Crippen LogP contribution is -2.03. The van der Waals surface area contributed by atoms with Crippen molar-refractivity contribution in [3.63, 3.8) is 0 Å². The number of rotatable bonds is 2. The minimum absolute atomic E-state index is 0.260. The first-order valence-electron chi connectivity index (χ1n) is 4.49. The second kappa shape index (κ2) is 4.82. The summed E-state index contributed by atoms with van der Waals surface area (Å²) in [6.45, 7) is 1.03. The van der Waals surface area contributed by atoms with Gasteiger partial charge in [0.25, 0.3) is 0 Å². The molecule has 0 bridgehead atoms. The molecule has 0 N–H and O–H groups in total. The van der Waals surface area contributed by atoms with Gasteiger partial charge in [0.1, 0.15) is 5.82 Å². The van der Waals surface area contributed by atoms with Gasteiger partial charge in [-0.3, -0.25) is 0 Å². The monoisotopic (exact) mass is 292 g/mol. The first kappa shape index (κ1) is 11.4. The lowest BCUT2D eigenvalue weighted by atomic mass is 10.2. The summed E-state index contributed by atoms with van der Waals surface area (Å²) in [6, 6.07) is 3.55. The van der Waals surface area contributed by atoms with Gasteiger partial charge < -0.3 is 9.47 Å². The number of halogens is 2. The quantitative estimate of drug-likeness (QED) is 0.779. The van der Waals surface area contributed by atoms with Crippen LogP contribution in [0, 0.1) is 5.82 Å². The molecule has 0 amide bonds. The molecule has 0 radical (unpaired) electrons. The molecule has 1 aliphatic rings. The molecule has 2 rings (SSSR count). The van der Waals surface area contributed by atoms with Crippen LogP contribution in [-0.4, -0.2) is 19.5 Å². The zero-order chi connectivity index (χ0) is 10.8. The Morgan fingerprint density at radius 3 is 2.67 bits per heavy atom. The van der Waals surface area contributed by atoms with Gasteiger partial charge >= 0.3 is 0 Å². The molecular weight excluding hydrogens is 283 g/mol. The van der Waals surface area contributed by atoms with E-state index in [4.69, 9.17) is 9.47 Å². The summed E-state index contributed by atoms with van der Waals surface area (Å²) >= 11 is 4.68. The van der Waals surface area contributed by atoms with Gasteiger partial charge in [-0.05, 0) is 18.4 Å². The Labute approximate surface area is 100 Å². The Kier molecular flexibility index (Phi) is 3.66. The second-order valence-corrected chi connectivity index (χ2v) is 4.75. The Hall–Kier alpha value is -0.100. The van der Waals surface area contributed by atoms with Crippen molar-refractivity contribution in [1.82, 2.24) is 0 Å². The van der Waals surface area contributed by atoms with E-state index in [0.717, 1.165) is 0 Å². The van der Waals surface area contributed by atoms with Crippen molar-refractivity contribution in [1.29, 1.82) is 0 Å². The van der Waals surface area contributed by atoms with E-state index in [1.165, 1.54) is 11.8 Å². The Morgan fingerprint density at radius 2 is 2.07 bits per heavy atom. The van der Waals surface area contributed by atoms with Crippen LogP contribution < -0.4 is 0 Å². The van der Waals surface area contributed by atoms with Gasteiger partial charge in [0.15, 0.2) is 6.29 Å². The summed E-state index contributed by atoms with van der Waals surface area (Å²) in [7, 11) is 0. The van der Waals surface area contributed by atoms with Gasteiger partial charge in [0.2, 0.25) is 0 Å². The minimum atomic E-state index is -0.577. The first-order chi connectivity index (χ1) is 7.24. The molecule has 0 unspecified atom stereocenters. The molecule has 0 saturated carbocycles. The van der Waals surface area contributed by atoms with E-state index in [-0.39, 0.29) is 5.82 Å². The fraction of sp³-hybridized carbons (Fsp3) is 0.400. The fourth-order valence-electron chi connectivity index (χ4n) is 1.45. The first-order valence-corrected chi connectivity index (χ1v) is 6.51. The largest absolute Gasteiger partial charge is 0.346 e. The van der Waals surface area contributed by atoms with Crippen LogP contribution in [0.1, 0.15) is 11.9 Å². The average Bonchev–Trinajstić information content (AvgIpc) is 2.71. The highest BCUT2D eigenvalue weighted by Gasteiger charge is 2.25. The van der Waals surface area contributed by atoms with Crippen LogP contribution in [0.5, 0.6) is 0 Å². The number of thioether (sulfide) groups is 1. The van der Waals surface area contributed by atoms with Gasteiger partial charge in [0.05, 0.1) is 18.8 Å². The zero-order valence-electron chi connectivity index (χ0n) is 8.13. The van der Waals surface area contributed by atoms with E-state index in [1.54, 1.807) is 6.07 Å². The topological polar surface area (TPSA) is 18.5 Å². The SMILES string of the molecule is CSc1ccc(Br)c(C2OCCO2)c1F. The third-order valence-corrected chi connectivity index (χ3v) is 3.62. The smallest absolute Gasteiger partial charge is 0.187 e. The summed E-state index contributed by atoms with van der Waals surface area (Å²) in [4.78, 5) is 0.604. The maximum absolute atomic E-state index is 14.0. The maximum atomic E-state index is 14.0. The van der Waals surface area contributed by atoms with Crippen molar-refractivity contribution in [3.8, 4) is 0 Å². The van der Waals surface area contributed by atoms with Crippen LogP contribution in [0.3, 0.4) is 0 Å². The predicted molar refractivity (Wildman–Crippen MR) is 60.5 cm³/mol. The van der Waals surface area contributed by atoms with Crippen LogP contribution in [-0.2, 0) is 9.47 Å². The van der Waals surface area contributed by atoms with E-state index in [1.807, 2.05) is 12.3 Å². The molecule has 1 aromatic carbocycles. The van der Waals surface area contributed by atoms with Crippen molar-refractivity contribution in [2.75, 3.05) is 19.5 Å². The fourth-order valence-corrected chi connectivity index (χ4v) is 2.43. The van der Waals surface area contributed by atoms with E-state index in [0.29, 0.717) is 28.1 Å². The van der Waals surface area contributed by atoms with E-state index in [2.05, 4.69) is 15.9 Å². The molecule has 0 atom stereocenters. The van der Waals surface area contributed by atoms with Crippen LogP contribution in [0.25, 0.3) is 0 Å². The standard InChI is InChI=1S/C10H10BrFO2S/c1-15-7-3-2-6(11)8(9(7)12)10-13-4-5-14-10/h2-3,10H,4-5H2,1H3. The van der Waals surface area contributed by atoms with E-state index >= 15 is 0 Å². The molecule has 5 heteroatoms. The van der Waals surface area contributed by atoms with Crippen molar-refractivity contribution in [3.05, 3.63) is 28.0 Å². The Bertz CT molecular complexity index is 367. The molecule has 1 fully saturated rings. The lowest BCUT2D eigenvalue weighted by molar-refractivity contribution is -0.0473. The van der Waals surface area contributed by atoms with Crippen molar-refractivity contribution in [2.24, 2.45) is 0 Å². The Morgan fingerprint density at radius 1 is 1.40 bits per heavy atom. The molecule has 1 aliphatic heterocycles. The van der Waals surface area contributed by atoms with Gasteiger partial charge in [-0.2, -0.15) is 0 Å². The molecule has 0 spiro atoms. The molecule has 2 nitrogen and oxygen atoms in total. The van der Waals surface area contributed by atoms with Crippen LogP contribution >= 0.6 is 27.7 Å². The summed E-state index contributed by atoms with van der Waals surface area (Å²) < 4.78 is 25.3. The third-order valence-electron chi connectivity index (χ3n) is 2.17. The normalized spacial score (nSPS) is 17.3. The molecule has 1 heterocycles. The van der Waals surface area contributed by atoms with Gasteiger partial charge in [-0.25, -0.2) is 4.39 Å².